The van der Waals surface area contributed by atoms with Crippen molar-refractivity contribution in [3.63, 3.8) is 0 Å². The summed E-state index contributed by atoms with van der Waals surface area (Å²) in [6.45, 7) is 9.47. The number of benzene rings is 1. The molecule has 0 N–H and O–H groups in total. The van der Waals surface area contributed by atoms with E-state index in [1.807, 2.05) is 51.1 Å². The van der Waals surface area contributed by atoms with Crippen molar-refractivity contribution in [1.29, 1.82) is 0 Å². The fourth-order valence-electron chi connectivity index (χ4n) is 3.77. The summed E-state index contributed by atoms with van der Waals surface area (Å²) < 4.78 is 2.06. The lowest BCUT2D eigenvalue weighted by Crippen LogP contribution is -2.36. The number of aryl methyl sites for hydroxylation is 2. The van der Waals surface area contributed by atoms with Gasteiger partial charge >= 0.3 is 0 Å². The van der Waals surface area contributed by atoms with E-state index in [0.717, 1.165) is 28.2 Å². The van der Waals surface area contributed by atoms with Crippen molar-refractivity contribution >= 4 is 5.91 Å². The first-order valence-electron chi connectivity index (χ1n) is 10.4. The number of hydrogen-bond acceptors (Lipinski definition) is 3. The van der Waals surface area contributed by atoms with Crippen LogP contribution in [0.3, 0.4) is 0 Å². The van der Waals surface area contributed by atoms with Gasteiger partial charge in [-0.2, -0.15) is 0 Å². The summed E-state index contributed by atoms with van der Waals surface area (Å²) in [5, 5.41) is 0. The first-order chi connectivity index (χ1) is 14.5. The van der Waals surface area contributed by atoms with Crippen LogP contribution in [0.5, 0.6) is 0 Å². The summed E-state index contributed by atoms with van der Waals surface area (Å²) >= 11 is 0. The van der Waals surface area contributed by atoms with Crippen LogP contribution in [-0.2, 0) is 13.0 Å². The summed E-state index contributed by atoms with van der Waals surface area (Å²) in [7, 11) is 0. The van der Waals surface area contributed by atoms with Crippen LogP contribution in [0, 0.1) is 13.8 Å². The average molecular weight is 404 g/mol. The first-order valence-corrected chi connectivity index (χ1v) is 10.4. The molecule has 30 heavy (non-hydrogen) atoms. The molecule has 0 bridgehead atoms. The molecule has 5 nitrogen and oxygen atoms in total. The van der Waals surface area contributed by atoms with Crippen molar-refractivity contribution in [3.8, 4) is 0 Å². The summed E-state index contributed by atoms with van der Waals surface area (Å²) in [5.74, 6) is -0.205. The van der Waals surface area contributed by atoms with Gasteiger partial charge in [0, 0.05) is 43.2 Å². The monoisotopic (exact) mass is 403 g/mol. The number of carbonyl (C=O) groups excluding carboxylic acids is 1. The number of pyridine rings is 2. The Hall–Kier alpha value is -3.21. The highest BCUT2D eigenvalue weighted by Gasteiger charge is 2.24. The van der Waals surface area contributed by atoms with Crippen molar-refractivity contribution in [2.45, 2.75) is 40.7 Å². The smallest absolute Gasteiger partial charge is 0.259 e. The van der Waals surface area contributed by atoms with Gasteiger partial charge in [0.15, 0.2) is 5.43 Å². The average Bonchev–Trinajstić information content (AvgIpc) is 2.74. The maximum atomic E-state index is 13.3. The molecule has 3 aromatic rings. The third kappa shape index (κ3) is 4.51. The van der Waals surface area contributed by atoms with Crippen LogP contribution in [0.15, 0.2) is 59.5 Å². The van der Waals surface area contributed by atoms with Crippen molar-refractivity contribution in [2.75, 3.05) is 13.1 Å². The first kappa shape index (κ1) is 21.5. The van der Waals surface area contributed by atoms with Crippen molar-refractivity contribution in [2.24, 2.45) is 0 Å². The Bertz CT molecular complexity index is 1080. The lowest BCUT2D eigenvalue weighted by atomic mass is 9.99. The van der Waals surface area contributed by atoms with Gasteiger partial charge in [0.1, 0.15) is 5.56 Å². The van der Waals surface area contributed by atoms with Gasteiger partial charge in [-0.05, 0) is 51.0 Å². The van der Waals surface area contributed by atoms with Crippen LogP contribution >= 0.6 is 0 Å². The SMILES string of the molecule is CCN(CC)C(=O)c1c(Cc2ccccc2C)n(Cc2ccccn2)c(C)cc1=O. The molecule has 0 saturated carbocycles. The predicted octanol–water partition coefficient (Wildman–Crippen LogP) is 3.98. The maximum Gasteiger partial charge on any atom is 0.259 e. The highest BCUT2D eigenvalue weighted by atomic mass is 16.2. The third-order valence-electron chi connectivity index (χ3n) is 5.56. The minimum atomic E-state index is -0.217. The van der Waals surface area contributed by atoms with Gasteiger partial charge in [0.25, 0.3) is 5.91 Å². The Morgan fingerprint density at radius 1 is 1.03 bits per heavy atom. The molecule has 0 aliphatic rings. The van der Waals surface area contributed by atoms with Gasteiger partial charge in [0.2, 0.25) is 0 Å². The van der Waals surface area contributed by atoms with Gasteiger partial charge in [-0.1, -0.05) is 30.3 Å². The topological polar surface area (TPSA) is 55.2 Å². The number of amides is 1. The molecule has 2 heterocycles. The Morgan fingerprint density at radius 3 is 2.37 bits per heavy atom. The van der Waals surface area contributed by atoms with E-state index in [4.69, 9.17) is 0 Å². The molecule has 0 aliphatic heterocycles. The molecule has 1 amide bonds. The largest absolute Gasteiger partial charge is 0.342 e. The summed E-state index contributed by atoms with van der Waals surface area (Å²) in [4.78, 5) is 32.5. The van der Waals surface area contributed by atoms with Crippen LogP contribution in [0.25, 0.3) is 0 Å². The van der Waals surface area contributed by atoms with E-state index in [0.29, 0.717) is 26.1 Å². The molecule has 5 heteroatoms. The fraction of sp³-hybridized carbons (Fsp3) is 0.320. The second-order valence-electron chi connectivity index (χ2n) is 7.46. The molecule has 2 aromatic heterocycles. The van der Waals surface area contributed by atoms with E-state index >= 15 is 0 Å². The van der Waals surface area contributed by atoms with E-state index < -0.39 is 0 Å². The van der Waals surface area contributed by atoms with Crippen LogP contribution in [-0.4, -0.2) is 33.4 Å². The molecule has 0 unspecified atom stereocenters. The van der Waals surface area contributed by atoms with Crippen LogP contribution < -0.4 is 5.43 Å². The van der Waals surface area contributed by atoms with Gasteiger partial charge < -0.3 is 9.47 Å². The fourth-order valence-corrected chi connectivity index (χ4v) is 3.77. The van der Waals surface area contributed by atoms with E-state index in [-0.39, 0.29) is 16.9 Å². The number of rotatable bonds is 7. The molecule has 1 aromatic carbocycles. The standard InChI is InChI=1S/C25H29N3O2/c1-5-27(6-2)25(30)24-22(16-20-12-8-7-11-18(20)3)28(19(4)15-23(24)29)17-21-13-9-10-14-26-21/h7-15H,5-6,16-17H2,1-4H3. The molecular weight excluding hydrogens is 374 g/mol. The zero-order valence-electron chi connectivity index (χ0n) is 18.2. The van der Waals surface area contributed by atoms with Gasteiger partial charge in [-0.15, -0.1) is 0 Å². The summed E-state index contributed by atoms with van der Waals surface area (Å²) in [6.07, 6.45) is 2.27. The zero-order valence-corrected chi connectivity index (χ0v) is 18.2. The van der Waals surface area contributed by atoms with Crippen LogP contribution in [0.4, 0.5) is 0 Å². The molecule has 0 atom stereocenters. The molecule has 156 valence electrons. The van der Waals surface area contributed by atoms with Crippen molar-refractivity contribution < 1.29 is 4.79 Å². The Morgan fingerprint density at radius 2 is 1.73 bits per heavy atom. The van der Waals surface area contributed by atoms with E-state index in [9.17, 15) is 9.59 Å². The summed E-state index contributed by atoms with van der Waals surface area (Å²) in [5.41, 5.74) is 4.75. The van der Waals surface area contributed by atoms with E-state index in [2.05, 4.69) is 28.6 Å². The van der Waals surface area contributed by atoms with E-state index in [1.165, 1.54) is 0 Å². The van der Waals surface area contributed by atoms with Crippen LogP contribution in [0.2, 0.25) is 0 Å². The lowest BCUT2D eigenvalue weighted by Gasteiger charge is -2.24. The number of hydrogen-bond donors (Lipinski definition) is 0. The Balaban J connectivity index is 2.22. The number of aromatic nitrogens is 2. The molecule has 0 spiro atoms. The number of nitrogens with zero attached hydrogens (tertiary/aromatic N) is 3. The number of carbonyl (C=O) groups is 1. The predicted molar refractivity (Wildman–Crippen MR) is 120 cm³/mol. The Kier molecular flexibility index (Phi) is 6.83. The molecular formula is C25H29N3O2. The normalized spacial score (nSPS) is 10.8. The van der Waals surface area contributed by atoms with E-state index in [1.54, 1.807) is 17.2 Å². The summed E-state index contributed by atoms with van der Waals surface area (Å²) in [6, 6.07) is 15.5. The highest BCUT2D eigenvalue weighted by Crippen LogP contribution is 2.20. The van der Waals surface area contributed by atoms with Crippen molar-refractivity contribution in [1.82, 2.24) is 14.5 Å². The second-order valence-corrected chi connectivity index (χ2v) is 7.46. The molecule has 0 fully saturated rings. The highest BCUT2D eigenvalue weighted by molar-refractivity contribution is 5.95. The molecule has 0 saturated heterocycles. The molecule has 0 radical (unpaired) electrons. The third-order valence-corrected chi connectivity index (χ3v) is 5.56. The minimum Gasteiger partial charge on any atom is -0.342 e. The zero-order chi connectivity index (χ0) is 21.7. The second kappa shape index (κ2) is 9.53. The maximum absolute atomic E-state index is 13.3. The molecule has 3 rings (SSSR count). The van der Waals surface area contributed by atoms with Gasteiger partial charge in [-0.3, -0.25) is 14.6 Å². The quantitative estimate of drug-likeness (QED) is 0.600. The minimum absolute atomic E-state index is 0.205. The van der Waals surface area contributed by atoms with Crippen LogP contribution in [0.1, 0.15) is 52.4 Å². The lowest BCUT2D eigenvalue weighted by molar-refractivity contribution is 0.0769. The van der Waals surface area contributed by atoms with Gasteiger partial charge in [-0.25, -0.2) is 0 Å². The Labute approximate surface area is 178 Å². The van der Waals surface area contributed by atoms with Gasteiger partial charge in [0.05, 0.1) is 12.2 Å². The molecule has 0 aliphatic carbocycles. The van der Waals surface area contributed by atoms with Crippen molar-refractivity contribution in [3.05, 3.63) is 98.7 Å².